The molecule has 5 N–H and O–H groups in total. The molecule has 0 radical (unpaired) electrons. The maximum Gasteiger partial charge on any atom is 0.183 e. The molecular formula is C7H17N3. The zero-order valence-corrected chi connectivity index (χ0v) is 6.72. The molecule has 0 atom stereocenters. The van der Waals surface area contributed by atoms with Crippen molar-refractivity contribution in [3.05, 3.63) is 12.2 Å². The van der Waals surface area contributed by atoms with Crippen molar-refractivity contribution >= 4 is 5.96 Å². The average molecular weight is 143 g/mol. The molecule has 0 fully saturated rings. The average Bonchev–Trinajstić information content (AvgIpc) is 1.82. The highest BCUT2D eigenvalue weighted by Gasteiger charge is 1.64. The van der Waals surface area contributed by atoms with E-state index >= 15 is 0 Å². The van der Waals surface area contributed by atoms with Crippen molar-refractivity contribution in [1.82, 2.24) is 0 Å². The van der Waals surface area contributed by atoms with Crippen LogP contribution in [0.3, 0.4) is 0 Å². The van der Waals surface area contributed by atoms with Crippen LogP contribution in [0.1, 0.15) is 26.7 Å². The molecule has 10 heavy (non-hydrogen) atoms. The highest BCUT2D eigenvalue weighted by atomic mass is 14.9. The van der Waals surface area contributed by atoms with Gasteiger partial charge < -0.3 is 11.5 Å². The second kappa shape index (κ2) is 10.9. The van der Waals surface area contributed by atoms with Gasteiger partial charge >= 0.3 is 0 Å². The largest absolute Gasteiger partial charge is 0.370 e. The molecule has 0 rings (SSSR count). The Bertz CT molecular complexity index is 93.0. The van der Waals surface area contributed by atoms with E-state index in [-0.39, 0.29) is 5.96 Å². The number of allylic oxidation sites excluding steroid dienone is 2. The lowest BCUT2D eigenvalue weighted by atomic mass is 10.3. The summed E-state index contributed by atoms with van der Waals surface area (Å²) in [6.45, 7) is 4.23. The summed E-state index contributed by atoms with van der Waals surface area (Å²) in [5.41, 5.74) is 8.94. The van der Waals surface area contributed by atoms with Crippen LogP contribution in [0.25, 0.3) is 0 Å². The molecule has 0 amide bonds. The third-order valence-corrected chi connectivity index (χ3v) is 0.691. The van der Waals surface area contributed by atoms with Crippen LogP contribution in [0.4, 0.5) is 0 Å². The summed E-state index contributed by atoms with van der Waals surface area (Å²) in [4.78, 5) is 0. The maximum absolute atomic E-state index is 6.06. The van der Waals surface area contributed by atoms with Gasteiger partial charge in [-0.3, -0.25) is 5.41 Å². The number of hydrogen-bond donors (Lipinski definition) is 3. The molecule has 0 unspecified atom stereocenters. The van der Waals surface area contributed by atoms with Crippen LogP contribution < -0.4 is 11.5 Å². The number of guanidine groups is 1. The summed E-state index contributed by atoms with van der Waals surface area (Å²) in [7, 11) is 0. The van der Waals surface area contributed by atoms with Gasteiger partial charge in [-0.15, -0.1) is 0 Å². The van der Waals surface area contributed by atoms with Crippen molar-refractivity contribution in [2.75, 3.05) is 0 Å². The van der Waals surface area contributed by atoms with Crippen molar-refractivity contribution < 1.29 is 0 Å². The molecule has 0 aromatic carbocycles. The fourth-order valence-electron chi connectivity index (χ4n) is 0.333. The second-order valence-corrected chi connectivity index (χ2v) is 1.81. The standard InChI is InChI=1S/C6H12.CH5N3/c1-3-5-6-4-2;2-1(3)4/h3,5H,4,6H2,1-2H3;(H5,2,3,4). The van der Waals surface area contributed by atoms with Crippen LogP contribution >= 0.6 is 0 Å². The van der Waals surface area contributed by atoms with E-state index in [0.717, 1.165) is 0 Å². The lowest BCUT2D eigenvalue weighted by Gasteiger charge is -1.76. The minimum absolute atomic E-state index is 0.333. The van der Waals surface area contributed by atoms with Gasteiger partial charge in [0.1, 0.15) is 0 Å². The number of hydrogen-bond acceptors (Lipinski definition) is 1. The first kappa shape index (κ1) is 11.8. The summed E-state index contributed by atoms with van der Waals surface area (Å²) in [6, 6.07) is 0. The van der Waals surface area contributed by atoms with Gasteiger partial charge in [0.05, 0.1) is 0 Å². The Morgan fingerprint density at radius 3 is 2.00 bits per heavy atom. The highest BCUT2D eigenvalue weighted by molar-refractivity contribution is 5.71. The molecule has 0 aliphatic heterocycles. The molecule has 3 nitrogen and oxygen atoms in total. The maximum atomic E-state index is 6.06. The van der Waals surface area contributed by atoms with E-state index in [4.69, 9.17) is 5.41 Å². The van der Waals surface area contributed by atoms with E-state index in [9.17, 15) is 0 Å². The van der Waals surface area contributed by atoms with Gasteiger partial charge in [0.2, 0.25) is 0 Å². The summed E-state index contributed by atoms with van der Waals surface area (Å²) in [5, 5.41) is 6.06. The quantitative estimate of drug-likeness (QED) is 0.308. The molecule has 0 aliphatic rings. The molecule has 0 aromatic heterocycles. The number of rotatable bonds is 2. The molecule has 0 bridgehead atoms. The van der Waals surface area contributed by atoms with Gasteiger partial charge in [-0.1, -0.05) is 25.5 Å². The normalized spacial score (nSPS) is 8.60. The lowest BCUT2D eigenvalue weighted by molar-refractivity contribution is 0.957. The van der Waals surface area contributed by atoms with Crippen LogP contribution in [0.2, 0.25) is 0 Å². The molecule has 60 valence electrons. The highest BCUT2D eigenvalue weighted by Crippen LogP contribution is 1.85. The number of nitrogens with two attached hydrogens (primary N) is 2. The monoisotopic (exact) mass is 143 g/mol. The molecule has 3 heteroatoms. The van der Waals surface area contributed by atoms with E-state index in [1.54, 1.807) is 0 Å². The van der Waals surface area contributed by atoms with Crippen LogP contribution in [0, 0.1) is 5.41 Å². The van der Waals surface area contributed by atoms with Gasteiger partial charge in [-0.05, 0) is 13.3 Å². The smallest absolute Gasteiger partial charge is 0.183 e. The van der Waals surface area contributed by atoms with E-state index in [0.29, 0.717) is 0 Å². The van der Waals surface area contributed by atoms with Gasteiger partial charge in [0.15, 0.2) is 5.96 Å². The van der Waals surface area contributed by atoms with E-state index in [1.807, 2.05) is 0 Å². The summed E-state index contributed by atoms with van der Waals surface area (Å²) < 4.78 is 0. The molecule has 0 saturated heterocycles. The Balaban J connectivity index is 0. The van der Waals surface area contributed by atoms with Gasteiger partial charge in [-0.25, -0.2) is 0 Å². The summed E-state index contributed by atoms with van der Waals surface area (Å²) >= 11 is 0. The predicted octanol–water partition coefficient (Wildman–Crippen LogP) is 1.20. The third-order valence-electron chi connectivity index (χ3n) is 0.691. The molecular weight excluding hydrogens is 126 g/mol. The van der Waals surface area contributed by atoms with E-state index in [1.165, 1.54) is 12.8 Å². The fourth-order valence-corrected chi connectivity index (χ4v) is 0.333. The summed E-state index contributed by atoms with van der Waals surface area (Å²) in [6.07, 6.45) is 6.77. The second-order valence-electron chi connectivity index (χ2n) is 1.81. The topological polar surface area (TPSA) is 75.9 Å². The Hall–Kier alpha value is -0.990. The first-order chi connectivity index (χ1) is 4.65. The minimum atomic E-state index is -0.333. The van der Waals surface area contributed by atoms with Gasteiger partial charge in [0.25, 0.3) is 0 Å². The molecule has 0 aliphatic carbocycles. The van der Waals surface area contributed by atoms with Crippen molar-refractivity contribution in [3.8, 4) is 0 Å². The lowest BCUT2D eigenvalue weighted by Crippen LogP contribution is -2.20. The van der Waals surface area contributed by atoms with Crippen LogP contribution in [0.5, 0.6) is 0 Å². The van der Waals surface area contributed by atoms with Crippen molar-refractivity contribution in [1.29, 1.82) is 5.41 Å². The van der Waals surface area contributed by atoms with Gasteiger partial charge in [0, 0.05) is 0 Å². The Labute approximate surface area is 62.6 Å². The Morgan fingerprint density at radius 2 is 1.90 bits per heavy atom. The third kappa shape index (κ3) is 62.7. The fraction of sp³-hybridized carbons (Fsp3) is 0.571. The Kier molecular flexibility index (Phi) is 12.8. The van der Waals surface area contributed by atoms with Crippen LogP contribution in [-0.4, -0.2) is 5.96 Å². The Morgan fingerprint density at radius 1 is 1.50 bits per heavy atom. The summed E-state index contributed by atoms with van der Waals surface area (Å²) in [5.74, 6) is -0.333. The number of nitrogens with one attached hydrogen (secondary N) is 1. The van der Waals surface area contributed by atoms with Crippen LogP contribution in [0.15, 0.2) is 12.2 Å². The van der Waals surface area contributed by atoms with Crippen molar-refractivity contribution in [3.63, 3.8) is 0 Å². The van der Waals surface area contributed by atoms with Gasteiger partial charge in [-0.2, -0.15) is 0 Å². The zero-order valence-electron chi connectivity index (χ0n) is 6.72. The van der Waals surface area contributed by atoms with Crippen molar-refractivity contribution in [2.45, 2.75) is 26.7 Å². The van der Waals surface area contributed by atoms with Crippen LogP contribution in [-0.2, 0) is 0 Å². The predicted molar refractivity (Wildman–Crippen MR) is 45.8 cm³/mol. The first-order valence-corrected chi connectivity index (χ1v) is 3.35. The molecule has 0 aromatic rings. The molecule has 0 heterocycles. The minimum Gasteiger partial charge on any atom is -0.370 e. The SMILES string of the molecule is CC=CCCC.N=C(N)N. The first-order valence-electron chi connectivity index (χ1n) is 3.35. The number of unbranched alkanes of at least 4 members (excludes halogenated alkanes) is 1. The zero-order chi connectivity index (χ0) is 8.41. The molecule has 0 saturated carbocycles. The molecule has 0 spiro atoms. The van der Waals surface area contributed by atoms with E-state index in [2.05, 4.69) is 37.5 Å². The van der Waals surface area contributed by atoms with E-state index < -0.39 is 0 Å². The van der Waals surface area contributed by atoms with Crippen molar-refractivity contribution in [2.24, 2.45) is 11.5 Å².